The predicted molar refractivity (Wildman–Crippen MR) is 206 cm³/mol. The van der Waals surface area contributed by atoms with Crippen molar-refractivity contribution in [3.8, 4) is 0 Å². The van der Waals surface area contributed by atoms with Crippen LogP contribution in [0.4, 0.5) is 11.4 Å². The van der Waals surface area contributed by atoms with Gasteiger partial charge in [-0.15, -0.1) is 0 Å². The summed E-state index contributed by atoms with van der Waals surface area (Å²) in [5, 5.41) is 0. The standard InChI is InChI=1S/C45H62N2/c1-4-7-10-13-16-44(39-26-30-42(46)31-27-39)37-20-18-35(19-21-37)34-41(15-12-9-6-3)36-22-24-38(25-23-36)45(17-14-11-8-5-2)40-28-32-43(47)33-29-40/h18-33,41,44-45H,4-17,34,46-47H2,1-3H3. The molecule has 47 heavy (non-hydrogen) atoms. The lowest BCUT2D eigenvalue weighted by molar-refractivity contribution is 0.562. The third-order valence-electron chi connectivity index (χ3n) is 10.2. The van der Waals surface area contributed by atoms with Crippen LogP contribution in [0.15, 0.2) is 97.1 Å². The van der Waals surface area contributed by atoms with E-state index in [1.54, 1.807) is 0 Å². The van der Waals surface area contributed by atoms with Gasteiger partial charge >= 0.3 is 0 Å². The van der Waals surface area contributed by atoms with E-state index >= 15 is 0 Å². The second-order valence-electron chi connectivity index (χ2n) is 13.9. The van der Waals surface area contributed by atoms with Crippen molar-refractivity contribution in [1.29, 1.82) is 0 Å². The number of benzene rings is 4. The summed E-state index contributed by atoms with van der Waals surface area (Å²) in [6.45, 7) is 6.88. The third kappa shape index (κ3) is 11.6. The highest BCUT2D eigenvalue weighted by Crippen LogP contribution is 2.35. The normalized spacial score (nSPS) is 13.3. The molecule has 3 unspecified atom stereocenters. The molecule has 2 heteroatoms. The second kappa shape index (κ2) is 20.0. The molecule has 0 radical (unpaired) electrons. The first-order valence-electron chi connectivity index (χ1n) is 18.9. The molecule has 0 heterocycles. The summed E-state index contributed by atoms with van der Waals surface area (Å²) in [4.78, 5) is 0. The van der Waals surface area contributed by atoms with Crippen molar-refractivity contribution in [1.82, 2.24) is 0 Å². The predicted octanol–water partition coefficient (Wildman–Crippen LogP) is 13.0. The molecule has 0 amide bonds. The summed E-state index contributed by atoms with van der Waals surface area (Å²) in [5.74, 6) is 1.37. The molecule has 0 fully saturated rings. The van der Waals surface area contributed by atoms with Gasteiger partial charge in [0, 0.05) is 23.2 Å². The first kappa shape index (κ1) is 36.3. The van der Waals surface area contributed by atoms with Gasteiger partial charge in [-0.3, -0.25) is 0 Å². The molecule has 0 aliphatic rings. The Morgan fingerprint density at radius 3 is 1.15 bits per heavy atom. The van der Waals surface area contributed by atoms with E-state index in [9.17, 15) is 0 Å². The molecule has 4 N–H and O–H groups in total. The molecule has 0 aliphatic carbocycles. The average Bonchev–Trinajstić information content (AvgIpc) is 3.10. The number of hydrogen-bond acceptors (Lipinski definition) is 2. The van der Waals surface area contributed by atoms with Crippen molar-refractivity contribution in [2.24, 2.45) is 0 Å². The molecule has 252 valence electrons. The molecule has 0 spiro atoms. The first-order valence-corrected chi connectivity index (χ1v) is 18.9. The van der Waals surface area contributed by atoms with Gasteiger partial charge in [-0.2, -0.15) is 0 Å². The maximum absolute atomic E-state index is 6.05. The molecule has 0 aliphatic heterocycles. The van der Waals surface area contributed by atoms with E-state index in [0.717, 1.165) is 17.8 Å². The molecule has 4 aromatic rings. The molecule has 0 bridgehead atoms. The Balaban J connectivity index is 1.52. The Bertz CT molecular complexity index is 1390. The van der Waals surface area contributed by atoms with E-state index in [2.05, 4.69) is 118 Å². The average molecular weight is 631 g/mol. The highest BCUT2D eigenvalue weighted by atomic mass is 14.5. The monoisotopic (exact) mass is 630 g/mol. The zero-order valence-electron chi connectivity index (χ0n) is 29.7. The Hall–Kier alpha value is -3.52. The zero-order valence-corrected chi connectivity index (χ0v) is 29.7. The highest BCUT2D eigenvalue weighted by molar-refractivity contribution is 5.44. The van der Waals surface area contributed by atoms with Crippen molar-refractivity contribution in [3.63, 3.8) is 0 Å². The summed E-state index contributed by atoms with van der Waals surface area (Å²) < 4.78 is 0. The molecule has 0 saturated carbocycles. The lowest BCUT2D eigenvalue weighted by Crippen LogP contribution is -2.06. The Labute approximate surface area is 287 Å². The lowest BCUT2D eigenvalue weighted by Gasteiger charge is -2.22. The fraction of sp³-hybridized carbons (Fsp3) is 0.467. The molecular formula is C45H62N2. The smallest absolute Gasteiger partial charge is 0.0314 e. The molecular weight excluding hydrogens is 569 g/mol. The van der Waals surface area contributed by atoms with Crippen molar-refractivity contribution in [3.05, 3.63) is 130 Å². The molecule has 0 saturated heterocycles. The van der Waals surface area contributed by atoms with Crippen LogP contribution < -0.4 is 11.5 Å². The molecule has 4 rings (SSSR count). The van der Waals surface area contributed by atoms with E-state index in [0.29, 0.717) is 17.8 Å². The van der Waals surface area contributed by atoms with Crippen molar-refractivity contribution >= 4 is 11.4 Å². The van der Waals surface area contributed by atoms with E-state index in [-0.39, 0.29) is 0 Å². The SMILES string of the molecule is CCCCCCC(c1ccc(N)cc1)c1ccc(CC(CCCCC)c2ccc(C(CCCCCC)c3ccc(N)cc3)cc2)cc1. The Kier molecular flexibility index (Phi) is 15.4. The first-order chi connectivity index (χ1) is 23.0. The van der Waals surface area contributed by atoms with Gasteiger partial charge < -0.3 is 11.5 Å². The number of nitrogens with two attached hydrogens (primary N) is 2. The summed E-state index contributed by atoms with van der Waals surface area (Å²) in [7, 11) is 0. The topological polar surface area (TPSA) is 52.0 Å². The van der Waals surface area contributed by atoms with E-state index < -0.39 is 0 Å². The van der Waals surface area contributed by atoms with Crippen LogP contribution in [-0.2, 0) is 6.42 Å². The second-order valence-corrected chi connectivity index (χ2v) is 13.9. The summed E-state index contributed by atoms with van der Waals surface area (Å²) >= 11 is 0. The number of hydrogen-bond donors (Lipinski definition) is 2. The van der Waals surface area contributed by atoms with Gasteiger partial charge in [0.15, 0.2) is 0 Å². The van der Waals surface area contributed by atoms with Gasteiger partial charge in [0.2, 0.25) is 0 Å². The number of rotatable bonds is 21. The van der Waals surface area contributed by atoms with Gasteiger partial charge in [-0.05, 0) is 89.2 Å². The van der Waals surface area contributed by atoms with Crippen LogP contribution >= 0.6 is 0 Å². The number of unbranched alkanes of at least 4 members (excludes halogenated alkanes) is 8. The van der Waals surface area contributed by atoms with Crippen molar-refractivity contribution in [2.75, 3.05) is 11.5 Å². The van der Waals surface area contributed by atoms with E-state index in [1.165, 1.54) is 123 Å². The number of anilines is 2. The van der Waals surface area contributed by atoms with Crippen LogP contribution in [0.5, 0.6) is 0 Å². The van der Waals surface area contributed by atoms with Crippen LogP contribution in [0.2, 0.25) is 0 Å². The zero-order chi connectivity index (χ0) is 33.3. The largest absolute Gasteiger partial charge is 0.399 e. The maximum atomic E-state index is 6.05. The maximum Gasteiger partial charge on any atom is 0.0314 e. The Morgan fingerprint density at radius 1 is 0.383 bits per heavy atom. The van der Waals surface area contributed by atoms with Crippen LogP contribution in [0.3, 0.4) is 0 Å². The van der Waals surface area contributed by atoms with Crippen molar-refractivity contribution in [2.45, 2.75) is 135 Å². The summed E-state index contributed by atoms with van der Waals surface area (Å²) in [5.41, 5.74) is 22.3. The van der Waals surface area contributed by atoms with E-state index in [1.807, 2.05) is 0 Å². The number of nitrogen functional groups attached to an aromatic ring is 2. The fourth-order valence-corrected chi connectivity index (χ4v) is 7.26. The van der Waals surface area contributed by atoms with E-state index in [4.69, 9.17) is 11.5 Å². The van der Waals surface area contributed by atoms with Gasteiger partial charge in [-0.1, -0.05) is 164 Å². The molecule has 2 nitrogen and oxygen atoms in total. The highest BCUT2D eigenvalue weighted by Gasteiger charge is 2.18. The minimum atomic E-state index is 0.420. The van der Waals surface area contributed by atoms with Crippen molar-refractivity contribution < 1.29 is 0 Å². The van der Waals surface area contributed by atoms with Gasteiger partial charge in [0.05, 0.1) is 0 Å². The fourth-order valence-electron chi connectivity index (χ4n) is 7.26. The molecule has 0 aromatic heterocycles. The molecule has 4 aromatic carbocycles. The third-order valence-corrected chi connectivity index (χ3v) is 10.2. The lowest BCUT2D eigenvalue weighted by atomic mass is 9.83. The van der Waals surface area contributed by atoms with Crippen LogP contribution in [0, 0.1) is 0 Å². The quantitative estimate of drug-likeness (QED) is 0.0711. The minimum absolute atomic E-state index is 0.420. The van der Waals surface area contributed by atoms with Crippen LogP contribution in [0.25, 0.3) is 0 Å². The Morgan fingerprint density at radius 2 is 0.723 bits per heavy atom. The van der Waals surface area contributed by atoms with Crippen LogP contribution in [0.1, 0.15) is 162 Å². The van der Waals surface area contributed by atoms with Gasteiger partial charge in [-0.25, -0.2) is 0 Å². The minimum Gasteiger partial charge on any atom is -0.399 e. The van der Waals surface area contributed by atoms with Gasteiger partial charge in [0.25, 0.3) is 0 Å². The molecule has 3 atom stereocenters. The summed E-state index contributed by atoms with van der Waals surface area (Å²) in [6, 6.07) is 36.5. The van der Waals surface area contributed by atoms with Gasteiger partial charge in [0.1, 0.15) is 0 Å². The van der Waals surface area contributed by atoms with Crippen LogP contribution in [-0.4, -0.2) is 0 Å². The summed E-state index contributed by atoms with van der Waals surface area (Å²) in [6.07, 6.45) is 18.8.